The Morgan fingerprint density at radius 1 is 1.37 bits per heavy atom. The topological polar surface area (TPSA) is 21.3 Å². The molecule has 0 saturated carbocycles. The third-order valence-electron chi connectivity index (χ3n) is 3.16. The summed E-state index contributed by atoms with van der Waals surface area (Å²) in [6, 6.07) is 5.76. The van der Waals surface area contributed by atoms with E-state index in [2.05, 4.69) is 30.1 Å². The van der Waals surface area contributed by atoms with Crippen molar-refractivity contribution in [1.82, 2.24) is 0 Å². The fraction of sp³-hybridized carbons (Fsp3) is 0.125. The third kappa shape index (κ3) is 2.45. The smallest absolute Gasteiger partial charge is 0.143 e. The molecule has 1 aliphatic carbocycles. The number of ether oxygens (including phenoxy) is 1. The number of nitrogens with one attached hydrogen (secondary N) is 1. The zero-order chi connectivity index (χ0) is 13.2. The summed E-state index contributed by atoms with van der Waals surface area (Å²) in [5.74, 6) is 0.837. The minimum atomic E-state index is 0.00291. The molecule has 96 valence electrons. The molecule has 0 aromatic heterocycles. The van der Waals surface area contributed by atoms with Gasteiger partial charge in [0.05, 0.1) is 11.7 Å². The van der Waals surface area contributed by atoms with E-state index in [0.717, 1.165) is 17.0 Å². The van der Waals surface area contributed by atoms with Gasteiger partial charge >= 0.3 is 0 Å². The molecule has 1 unspecified atom stereocenters. The van der Waals surface area contributed by atoms with Crippen LogP contribution in [0, 0.1) is 0 Å². The Labute approximate surface area is 117 Å². The average Bonchev–Trinajstić information content (AvgIpc) is 2.42. The van der Waals surface area contributed by atoms with Crippen molar-refractivity contribution in [2.24, 2.45) is 0 Å². The first-order valence-electron chi connectivity index (χ1n) is 6.18. The number of fused-ring (bicyclic) bond motifs is 2. The van der Waals surface area contributed by atoms with Crippen molar-refractivity contribution in [2.45, 2.75) is 12.1 Å². The van der Waals surface area contributed by atoms with Crippen molar-refractivity contribution in [2.75, 3.05) is 5.32 Å². The fourth-order valence-corrected chi connectivity index (χ4v) is 2.42. The number of hydrogen-bond acceptors (Lipinski definition) is 2. The van der Waals surface area contributed by atoms with Crippen LogP contribution in [0.3, 0.4) is 0 Å². The first-order chi connectivity index (χ1) is 9.26. The van der Waals surface area contributed by atoms with Gasteiger partial charge in [-0.3, -0.25) is 0 Å². The van der Waals surface area contributed by atoms with Crippen LogP contribution in [0.5, 0.6) is 5.75 Å². The quantitative estimate of drug-likeness (QED) is 0.817. The second-order valence-corrected chi connectivity index (χ2v) is 4.95. The highest BCUT2D eigenvalue weighted by Gasteiger charge is 2.28. The van der Waals surface area contributed by atoms with Crippen molar-refractivity contribution in [3.63, 3.8) is 0 Å². The molecule has 1 N–H and O–H groups in total. The normalized spacial score (nSPS) is 23.9. The largest absolute Gasteiger partial charge is 0.482 e. The van der Waals surface area contributed by atoms with Gasteiger partial charge in [-0.25, -0.2) is 0 Å². The van der Waals surface area contributed by atoms with Crippen molar-refractivity contribution in [3.05, 3.63) is 71.8 Å². The number of halogens is 1. The van der Waals surface area contributed by atoms with Gasteiger partial charge in [0.25, 0.3) is 0 Å². The Morgan fingerprint density at radius 2 is 2.26 bits per heavy atom. The van der Waals surface area contributed by atoms with Crippen molar-refractivity contribution >= 4 is 17.3 Å². The van der Waals surface area contributed by atoms with Gasteiger partial charge in [-0.05, 0) is 29.8 Å². The molecule has 2 nitrogen and oxygen atoms in total. The van der Waals surface area contributed by atoms with Crippen LogP contribution in [0.4, 0.5) is 5.69 Å². The summed E-state index contributed by atoms with van der Waals surface area (Å²) in [7, 11) is 0. The van der Waals surface area contributed by atoms with Gasteiger partial charge in [0.2, 0.25) is 0 Å². The summed E-state index contributed by atoms with van der Waals surface area (Å²) in [5, 5.41) is 4.14. The van der Waals surface area contributed by atoms with Gasteiger partial charge in [-0.2, -0.15) is 0 Å². The zero-order valence-corrected chi connectivity index (χ0v) is 11.1. The predicted molar refractivity (Wildman–Crippen MR) is 79.8 cm³/mol. The first-order valence-corrected chi connectivity index (χ1v) is 6.56. The Kier molecular flexibility index (Phi) is 3.18. The van der Waals surface area contributed by atoms with E-state index in [1.165, 1.54) is 0 Å². The van der Waals surface area contributed by atoms with Crippen LogP contribution in [0.25, 0.3) is 0 Å². The fourth-order valence-electron chi connectivity index (χ4n) is 2.24. The lowest BCUT2D eigenvalue weighted by Crippen LogP contribution is -2.40. The highest BCUT2D eigenvalue weighted by molar-refractivity contribution is 6.30. The molecule has 3 rings (SSSR count). The summed E-state index contributed by atoms with van der Waals surface area (Å²) >= 11 is 5.99. The minimum Gasteiger partial charge on any atom is -0.482 e. The molecule has 1 aromatic carbocycles. The Hall–Kier alpha value is -1.93. The standard InChI is InChI=1S/C16H14ClNO/c1-2-3-4-11-5-7-13-16(9-11)19-15-8-6-12(17)10-14(15)18-13/h2-10,13,16,18H,1H2/b4-3-/t13-,16?/m0/s1. The molecule has 1 heterocycles. The number of rotatable bonds is 2. The molecule has 0 spiro atoms. The highest BCUT2D eigenvalue weighted by Crippen LogP contribution is 2.35. The average molecular weight is 272 g/mol. The van der Waals surface area contributed by atoms with E-state index in [1.54, 1.807) is 6.08 Å². The predicted octanol–water partition coefficient (Wildman–Crippen LogP) is 4.12. The van der Waals surface area contributed by atoms with Gasteiger partial charge in [0.15, 0.2) is 0 Å². The maximum Gasteiger partial charge on any atom is 0.143 e. The van der Waals surface area contributed by atoms with Crippen molar-refractivity contribution < 1.29 is 4.74 Å². The summed E-state index contributed by atoms with van der Waals surface area (Å²) < 4.78 is 5.99. The lowest BCUT2D eigenvalue weighted by atomic mass is 9.98. The number of benzene rings is 1. The Bertz CT molecular complexity index is 601. The zero-order valence-electron chi connectivity index (χ0n) is 10.3. The second-order valence-electron chi connectivity index (χ2n) is 4.51. The third-order valence-corrected chi connectivity index (χ3v) is 3.39. The highest BCUT2D eigenvalue weighted by atomic mass is 35.5. The van der Waals surface area contributed by atoms with Gasteiger partial charge < -0.3 is 10.1 Å². The number of anilines is 1. The molecular weight excluding hydrogens is 258 g/mol. The minimum absolute atomic E-state index is 0.00291. The van der Waals surface area contributed by atoms with Crippen molar-refractivity contribution in [3.8, 4) is 5.75 Å². The van der Waals surface area contributed by atoms with Crippen LogP contribution in [0.15, 0.2) is 66.8 Å². The van der Waals surface area contributed by atoms with Crippen molar-refractivity contribution in [1.29, 1.82) is 0 Å². The summed E-state index contributed by atoms with van der Waals surface area (Å²) in [4.78, 5) is 0. The molecule has 0 saturated heterocycles. The molecule has 0 amide bonds. The van der Waals surface area contributed by atoms with E-state index < -0.39 is 0 Å². The Morgan fingerprint density at radius 3 is 3.11 bits per heavy atom. The number of hydrogen-bond donors (Lipinski definition) is 1. The van der Waals surface area contributed by atoms with Gasteiger partial charge in [0.1, 0.15) is 11.9 Å². The molecule has 1 aliphatic heterocycles. The van der Waals surface area contributed by atoms with E-state index in [4.69, 9.17) is 16.3 Å². The number of allylic oxidation sites excluding steroid dienone is 5. The molecule has 3 heteroatoms. The molecule has 0 radical (unpaired) electrons. The monoisotopic (exact) mass is 271 g/mol. The molecule has 1 aromatic rings. The Balaban J connectivity index is 1.88. The lowest BCUT2D eigenvalue weighted by Gasteiger charge is -2.34. The maximum atomic E-state index is 5.99. The molecule has 0 bridgehead atoms. The molecule has 2 atom stereocenters. The van der Waals surface area contributed by atoms with E-state index >= 15 is 0 Å². The second kappa shape index (κ2) is 4.98. The summed E-state index contributed by atoms with van der Waals surface area (Å²) in [5.41, 5.74) is 2.07. The van der Waals surface area contributed by atoms with Crippen LogP contribution in [0.1, 0.15) is 0 Å². The van der Waals surface area contributed by atoms with E-state index in [-0.39, 0.29) is 12.1 Å². The molecular formula is C16H14ClNO. The molecule has 2 aliphatic rings. The maximum absolute atomic E-state index is 5.99. The van der Waals surface area contributed by atoms with Crippen LogP contribution < -0.4 is 10.1 Å². The van der Waals surface area contributed by atoms with E-state index in [9.17, 15) is 0 Å². The summed E-state index contributed by atoms with van der Waals surface area (Å²) in [6.45, 7) is 3.67. The summed E-state index contributed by atoms with van der Waals surface area (Å²) in [6.07, 6.45) is 12.0. The van der Waals surface area contributed by atoms with Crippen LogP contribution in [0.2, 0.25) is 5.02 Å². The van der Waals surface area contributed by atoms with Gasteiger partial charge in [-0.15, -0.1) is 0 Å². The molecule has 0 fully saturated rings. The van der Waals surface area contributed by atoms with Crippen LogP contribution in [-0.2, 0) is 0 Å². The lowest BCUT2D eigenvalue weighted by molar-refractivity contribution is 0.228. The van der Waals surface area contributed by atoms with E-state index in [1.807, 2.05) is 30.4 Å². The van der Waals surface area contributed by atoms with Crippen LogP contribution in [-0.4, -0.2) is 12.1 Å². The van der Waals surface area contributed by atoms with Crippen LogP contribution >= 0.6 is 11.6 Å². The van der Waals surface area contributed by atoms with Gasteiger partial charge in [-0.1, -0.05) is 48.6 Å². The first kappa shape index (κ1) is 12.1. The van der Waals surface area contributed by atoms with E-state index in [0.29, 0.717) is 5.02 Å². The van der Waals surface area contributed by atoms with Gasteiger partial charge in [0, 0.05) is 5.02 Å². The SMILES string of the molecule is C=C/C=C\C1=CC2Oc3ccc(Cl)cc3N[C@H]2C=C1. The molecule has 19 heavy (non-hydrogen) atoms.